The Morgan fingerprint density at radius 1 is 0.818 bits per heavy atom. The van der Waals surface area contributed by atoms with Gasteiger partial charge in [0.2, 0.25) is 0 Å². The van der Waals surface area contributed by atoms with Crippen molar-refractivity contribution in [2.24, 2.45) is 10.8 Å². The summed E-state index contributed by atoms with van der Waals surface area (Å²) in [7, 11) is 0. The zero-order chi connectivity index (χ0) is 25.4. The molecule has 0 spiro atoms. The van der Waals surface area contributed by atoms with Crippen LogP contribution in [-0.2, 0) is 14.3 Å². The molecule has 1 heterocycles. The Morgan fingerprint density at radius 3 is 1.70 bits per heavy atom. The number of benzene rings is 2. The molecular formula is C28H34F2O3. The minimum absolute atomic E-state index is 0.0619. The molecule has 2 unspecified atom stereocenters. The summed E-state index contributed by atoms with van der Waals surface area (Å²) in [5.41, 5.74) is 0.939. The number of ketones is 2. The van der Waals surface area contributed by atoms with Gasteiger partial charge < -0.3 is 4.74 Å². The molecule has 1 aliphatic heterocycles. The number of carbonyl (C=O) groups excluding carboxylic acids is 2. The molecule has 1 fully saturated rings. The van der Waals surface area contributed by atoms with E-state index in [2.05, 4.69) is 13.2 Å². The summed E-state index contributed by atoms with van der Waals surface area (Å²) in [6, 6.07) is 12.1. The fourth-order valence-corrected chi connectivity index (χ4v) is 2.64. The fourth-order valence-electron chi connectivity index (χ4n) is 2.64. The maximum Gasteiger partial charge on any atom is 0.169 e. The molecule has 33 heavy (non-hydrogen) atoms. The van der Waals surface area contributed by atoms with Crippen LogP contribution < -0.4 is 0 Å². The Hall–Kier alpha value is -2.92. The molecule has 0 aromatic heterocycles. The molecule has 3 nitrogen and oxygen atoms in total. The van der Waals surface area contributed by atoms with Crippen molar-refractivity contribution in [2.45, 2.75) is 53.8 Å². The Labute approximate surface area is 196 Å². The van der Waals surface area contributed by atoms with E-state index in [1.165, 1.54) is 30.3 Å². The van der Waals surface area contributed by atoms with E-state index in [0.29, 0.717) is 0 Å². The summed E-state index contributed by atoms with van der Waals surface area (Å²) in [6.07, 6.45) is 2.69. The van der Waals surface area contributed by atoms with Gasteiger partial charge in [-0.1, -0.05) is 71.9 Å². The largest absolute Gasteiger partial charge is 0.356 e. The number of ether oxygens (including phenoxy) is 1. The van der Waals surface area contributed by atoms with Crippen LogP contribution in [0.2, 0.25) is 0 Å². The van der Waals surface area contributed by atoms with Crippen LogP contribution >= 0.6 is 0 Å². The normalized spacial score (nSPS) is 17.3. The Bertz CT molecular complexity index is 947. The minimum atomic E-state index is -0.389. The number of rotatable bonds is 4. The molecule has 0 radical (unpaired) electrons. The molecular weight excluding hydrogens is 422 g/mol. The van der Waals surface area contributed by atoms with Crippen LogP contribution in [0.3, 0.4) is 0 Å². The molecule has 1 saturated heterocycles. The van der Waals surface area contributed by atoms with Crippen LogP contribution in [0, 0.1) is 22.5 Å². The van der Waals surface area contributed by atoms with Gasteiger partial charge in [-0.15, -0.1) is 13.2 Å². The highest BCUT2D eigenvalue weighted by Crippen LogP contribution is 2.42. The summed E-state index contributed by atoms with van der Waals surface area (Å²) < 4.78 is 30.7. The Kier molecular flexibility index (Phi) is 10.1. The second-order valence-corrected chi connectivity index (χ2v) is 9.64. The number of carbonyl (C=O) groups is 2. The van der Waals surface area contributed by atoms with E-state index in [9.17, 15) is 18.4 Å². The van der Waals surface area contributed by atoms with Crippen LogP contribution in [-0.4, -0.2) is 17.7 Å². The lowest BCUT2D eigenvalue weighted by atomic mass is 9.87. The first-order valence-corrected chi connectivity index (χ1v) is 10.7. The molecule has 0 N–H and O–H groups in total. The van der Waals surface area contributed by atoms with Crippen LogP contribution in [0.15, 0.2) is 67.8 Å². The van der Waals surface area contributed by atoms with E-state index in [4.69, 9.17) is 4.74 Å². The molecule has 0 amide bonds. The van der Waals surface area contributed by atoms with E-state index >= 15 is 0 Å². The van der Waals surface area contributed by atoms with Gasteiger partial charge in [0.15, 0.2) is 11.6 Å². The molecule has 2 aromatic rings. The Morgan fingerprint density at radius 2 is 1.27 bits per heavy atom. The van der Waals surface area contributed by atoms with E-state index in [-0.39, 0.29) is 46.2 Å². The summed E-state index contributed by atoms with van der Waals surface area (Å²) in [5.74, 6) is -0.383. The van der Waals surface area contributed by atoms with Gasteiger partial charge >= 0.3 is 0 Å². The van der Waals surface area contributed by atoms with Crippen LogP contribution in [0.25, 0.3) is 6.08 Å². The molecule has 1 aliphatic rings. The van der Waals surface area contributed by atoms with Gasteiger partial charge in [0.1, 0.15) is 23.8 Å². The number of halogens is 2. The fraction of sp³-hybridized carbons (Fsp3) is 0.357. The Balaban J connectivity index is 0.000000308. The van der Waals surface area contributed by atoms with E-state index in [0.717, 1.165) is 11.1 Å². The molecule has 5 heteroatoms. The van der Waals surface area contributed by atoms with Crippen LogP contribution in [0.5, 0.6) is 0 Å². The van der Waals surface area contributed by atoms with Gasteiger partial charge in [-0.2, -0.15) is 0 Å². The van der Waals surface area contributed by atoms with Crippen LogP contribution in [0.4, 0.5) is 8.78 Å². The molecule has 2 atom stereocenters. The number of hydrogen-bond donors (Lipinski definition) is 0. The predicted octanol–water partition coefficient (Wildman–Crippen LogP) is 7.14. The minimum Gasteiger partial charge on any atom is -0.356 e. The van der Waals surface area contributed by atoms with Gasteiger partial charge in [-0.25, -0.2) is 8.78 Å². The molecule has 3 rings (SSSR count). The van der Waals surface area contributed by atoms with Crippen molar-refractivity contribution in [3.63, 3.8) is 0 Å². The summed E-state index contributed by atoms with van der Waals surface area (Å²) in [6.45, 7) is 17.2. The number of allylic oxidation sites excluding steroid dienone is 1. The van der Waals surface area contributed by atoms with Crippen molar-refractivity contribution in [3.8, 4) is 0 Å². The van der Waals surface area contributed by atoms with Crippen LogP contribution in [0.1, 0.15) is 58.8 Å². The lowest BCUT2D eigenvalue weighted by Crippen LogP contribution is -2.25. The summed E-state index contributed by atoms with van der Waals surface area (Å²) in [5, 5.41) is 0. The van der Waals surface area contributed by atoms with Crippen molar-refractivity contribution in [3.05, 3.63) is 90.5 Å². The standard InChI is InChI=1S/C13H15FO2.C13H15FO.C2H4/c1-13(2,3)12(15)11-10(16-11)8-4-6-9(14)7-5-8;1-13(2,3)12(15)9-6-10-4-7-11(14)8-5-10;1-2/h4-7,10-11H,1-3H3;4-9H,1-3H3;1-2H2/b;9-6+;. The van der Waals surface area contributed by atoms with Crippen molar-refractivity contribution in [1.29, 1.82) is 0 Å². The maximum absolute atomic E-state index is 12.7. The lowest BCUT2D eigenvalue weighted by molar-refractivity contribution is -0.127. The topological polar surface area (TPSA) is 46.7 Å². The molecule has 178 valence electrons. The third kappa shape index (κ3) is 9.22. The second-order valence-electron chi connectivity index (χ2n) is 9.64. The van der Waals surface area contributed by atoms with E-state index in [1.54, 1.807) is 30.3 Å². The van der Waals surface area contributed by atoms with Crippen molar-refractivity contribution in [2.75, 3.05) is 0 Å². The second kappa shape index (κ2) is 11.8. The number of hydrogen-bond acceptors (Lipinski definition) is 3. The zero-order valence-corrected chi connectivity index (χ0v) is 20.3. The smallest absolute Gasteiger partial charge is 0.169 e. The molecule has 0 bridgehead atoms. The molecule has 2 aromatic carbocycles. The van der Waals surface area contributed by atoms with E-state index in [1.807, 2.05) is 41.5 Å². The van der Waals surface area contributed by atoms with Crippen molar-refractivity contribution in [1.82, 2.24) is 0 Å². The lowest BCUT2D eigenvalue weighted by Gasteiger charge is -2.14. The maximum atomic E-state index is 12.7. The van der Waals surface area contributed by atoms with Crippen molar-refractivity contribution >= 4 is 17.6 Å². The zero-order valence-electron chi connectivity index (χ0n) is 20.3. The highest BCUT2D eigenvalue weighted by molar-refractivity contribution is 5.97. The van der Waals surface area contributed by atoms with Gasteiger partial charge in [0, 0.05) is 10.8 Å². The summed E-state index contributed by atoms with van der Waals surface area (Å²) >= 11 is 0. The third-order valence-corrected chi connectivity index (χ3v) is 4.72. The molecule has 0 aliphatic carbocycles. The first-order chi connectivity index (χ1) is 15.3. The first kappa shape index (κ1) is 28.1. The van der Waals surface area contributed by atoms with Gasteiger partial charge in [-0.05, 0) is 41.5 Å². The number of Topliss-reactive ketones (excluding diaryl/α,β-unsaturated/α-hetero) is 1. The van der Waals surface area contributed by atoms with Crippen molar-refractivity contribution < 1.29 is 23.1 Å². The highest BCUT2D eigenvalue weighted by atomic mass is 19.1. The number of epoxide rings is 1. The average Bonchev–Trinajstić information content (AvgIpc) is 3.54. The average molecular weight is 457 g/mol. The monoisotopic (exact) mass is 456 g/mol. The third-order valence-electron chi connectivity index (χ3n) is 4.72. The van der Waals surface area contributed by atoms with Gasteiger partial charge in [0.25, 0.3) is 0 Å². The highest BCUT2D eigenvalue weighted by Gasteiger charge is 2.49. The first-order valence-electron chi connectivity index (χ1n) is 10.7. The summed E-state index contributed by atoms with van der Waals surface area (Å²) in [4.78, 5) is 23.4. The van der Waals surface area contributed by atoms with E-state index < -0.39 is 0 Å². The van der Waals surface area contributed by atoms with Gasteiger partial charge in [-0.3, -0.25) is 9.59 Å². The predicted molar refractivity (Wildman–Crippen MR) is 130 cm³/mol. The van der Waals surface area contributed by atoms with Gasteiger partial charge in [0.05, 0.1) is 0 Å². The molecule has 0 saturated carbocycles. The SMILES string of the molecule is C=C.CC(C)(C)C(=O)/C=C/c1ccc(F)cc1.CC(C)(C)C(=O)C1OC1c1ccc(F)cc1. The quantitative estimate of drug-likeness (QED) is 0.279.